The molecule has 0 bridgehead atoms. The summed E-state index contributed by atoms with van der Waals surface area (Å²) in [5.74, 6) is 3.67. The molecular formula is C23H24FN3O3. The molecule has 2 aromatic heterocycles. The molecule has 3 aromatic rings. The summed E-state index contributed by atoms with van der Waals surface area (Å²) in [5.41, 5.74) is 0.677. The van der Waals surface area contributed by atoms with E-state index in [1.165, 1.54) is 18.6 Å². The van der Waals surface area contributed by atoms with Crippen LogP contribution in [0.2, 0.25) is 0 Å². The highest BCUT2D eigenvalue weighted by Crippen LogP contribution is 2.47. The Hall–Kier alpha value is -2.96. The van der Waals surface area contributed by atoms with E-state index in [-0.39, 0.29) is 11.7 Å². The highest BCUT2D eigenvalue weighted by atomic mass is 19.1. The van der Waals surface area contributed by atoms with Crippen molar-refractivity contribution in [3.8, 4) is 11.4 Å². The van der Waals surface area contributed by atoms with Crippen LogP contribution in [0.15, 0.2) is 45.3 Å². The number of carbonyl (C=O) groups excluding carboxylic acids is 1. The van der Waals surface area contributed by atoms with Crippen LogP contribution >= 0.6 is 0 Å². The van der Waals surface area contributed by atoms with E-state index in [0.29, 0.717) is 54.5 Å². The zero-order valence-electron chi connectivity index (χ0n) is 16.9. The number of benzene rings is 1. The Kier molecular flexibility index (Phi) is 4.89. The topological polar surface area (TPSA) is 72.4 Å². The van der Waals surface area contributed by atoms with Gasteiger partial charge in [0.2, 0.25) is 17.6 Å². The highest BCUT2D eigenvalue weighted by molar-refractivity contribution is 5.77. The zero-order chi connectivity index (χ0) is 20.7. The molecule has 1 aromatic carbocycles. The molecule has 0 spiro atoms. The molecule has 7 heteroatoms. The molecule has 0 saturated heterocycles. The van der Waals surface area contributed by atoms with Crippen LogP contribution in [-0.4, -0.2) is 27.0 Å². The molecule has 2 aliphatic rings. The van der Waals surface area contributed by atoms with Crippen molar-refractivity contribution in [1.82, 2.24) is 15.0 Å². The molecule has 2 saturated carbocycles. The maximum absolute atomic E-state index is 13.1. The van der Waals surface area contributed by atoms with Gasteiger partial charge in [-0.3, -0.25) is 4.79 Å². The van der Waals surface area contributed by atoms with Gasteiger partial charge in [-0.05, 0) is 61.6 Å². The second kappa shape index (κ2) is 7.70. The van der Waals surface area contributed by atoms with Crippen LogP contribution in [0.4, 0.5) is 4.39 Å². The third-order valence-electron chi connectivity index (χ3n) is 5.91. The summed E-state index contributed by atoms with van der Waals surface area (Å²) < 4.78 is 24.3. The number of nitrogens with zero attached hydrogens (tertiary/aromatic N) is 3. The SMILES string of the molecule is CC1CC1c1ccc(CN(C(=O)CCc2nc(-c3ccc(F)cc3)no2)C2CC2)o1. The summed E-state index contributed by atoms with van der Waals surface area (Å²) in [4.78, 5) is 19.1. The van der Waals surface area contributed by atoms with E-state index < -0.39 is 0 Å². The van der Waals surface area contributed by atoms with Crippen LogP contribution in [0.5, 0.6) is 0 Å². The van der Waals surface area contributed by atoms with Gasteiger partial charge in [0.05, 0.1) is 6.54 Å². The predicted octanol–water partition coefficient (Wildman–Crippen LogP) is 4.72. The van der Waals surface area contributed by atoms with Gasteiger partial charge in [-0.1, -0.05) is 12.1 Å². The van der Waals surface area contributed by atoms with Crippen molar-refractivity contribution >= 4 is 5.91 Å². The summed E-state index contributed by atoms with van der Waals surface area (Å²) >= 11 is 0. The van der Waals surface area contributed by atoms with Crippen molar-refractivity contribution < 1.29 is 18.1 Å². The predicted molar refractivity (Wildman–Crippen MR) is 107 cm³/mol. The van der Waals surface area contributed by atoms with Gasteiger partial charge in [0.1, 0.15) is 17.3 Å². The number of furan rings is 1. The van der Waals surface area contributed by atoms with Gasteiger partial charge >= 0.3 is 0 Å². The minimum atomic E-state index is -0.316. The Bertz CT molecular complexity index is 1040. The smallest absolute Gasteiger partial charge is 0.227 e. The summed E-state index contributed by atoms with van der Waals surface area (Å²) in [5, 5.41) is 3.94. The van der Waals surface area contributed by atoms with Crippen molar-refractivity contribution in [2.45, 2.75) is 57.5 Å². The van der Waals surface area contributed by atoms with E-state index in [9.17, 15) is 9.18 Å². The van der Waals surface area contributed by atoms with E-state index in [0.717, 1.165) is 24.4 Å². The Labute approximate surface area is 174 Å². The number of hydrogen-bond donors (Lipinski definition) is 0. The van der Waals surface area contributed by atoms with E-state index in [1.54, 1.807) is 12.1 Å². The monoisotopic (exact) mass is 409 g/mol. The third kappa shape index (κ3) is 4.15. The summed E-state index contributed by atoms with van der Waals surface area (Å²) in [7, 11) is 0. The Morgan fingerprint density at radius 1 is 1.20 bits per heavy atom. The maximum atomic E-state index is 13.1. The molecule has 0 N–H and O–H groups in total. The fourth-order valence-corrected chi connectivity index (χ4v) is 3.80. The van der Waals surface area contributed by atoms with Crippen LogP contribution in [-0.2, 0) is 17.8 Å². The Morgan fingerprint density at radius 2 is 1.97 bits per heavy atom. The number of halogens is 1. The van der Waals surface area contributed by atoms with E-state index in [1.807, 2.05) is 11.0 Å². The molecule has 2 atom stereocenters. The summed E-state index contributed by atoms with van der Waals surface area (Å²) in [6.07, 6.45) is 3.93. The lowest BCUT2D eigenvalue weighted by atomic mass is 10.2. The van der Waals surface area contributed by atoms with Crippen molar-refractivity contribution in [3.05, 3.63) is 59.6 Å². The van der Waals surface area contributed by atoms with Gasteiger partial charge in [-0.25, -0.2) is 4.39 Å². The standard InChI is InChI=1S/C23H24FN3O3/c1-14-12-19(14)20-9-8-18(29-20)13-27(17-6-7-17)22(28)11-10-21-25-23(26-30-21)15-2-4-16(24)5-3-15/h2-5,8-9,14,17,19H,6-7,10-13H2,1H3. The molecule has 2 heterocycles. The minimum absolute atomic E-state index is 0.0665. The number of rotatable bonds is 8. The molecule has 0 aliphatic heterocycles. The zero-order valence-corrected chi connectivity index (χ0v) is 16.9. The molecule has 2 aliphatic carbocycles. The van der Waals surface area contributed by atoms with Gasteiger partial charge in [-0.2, -0.15) is 4.98 Å². The average Bonchev–Trinajstić information content (AvgIpc) is 3.61. The van der Waals surface area contributed by atoms with Crippen LogP contribution in [0.1, 0.15) is 55.9 Å². The van der Waals surface area contributed by atoms with Gasteiger partial charge in [-0.15, -0.1) is 0 Å². The average molecular weight is 409 g/mol. The molecule has 1 amide bonds. The van der Waals surface area contributed by atoms with Gasteiger partial charge in [0, 0.05) is 30.4 Å². The Balaban J connectivity index is 1.19. The van der Waals surface area contributed by atoms with E-state index in [4.69, 9.17) is 8.94 Å². The third-order valence-corrected chi connectivity index (χ3v) is 5.91. The van der Waals surface area contributed by atoms with Crippen molar-refractivity contribution in [1.29, 1.82) is 0 Å². The van der Waals surface area contributed by atoms with Crippen LogP contribution < -0.4 is 0 Å². The fraction of sp³-hybridized carbons (Fsp3) is 0.435. The number of hydrogen-bond acceptors (Lipinski definition) is 5. The fourth-order valence-electron chi connectivity index (χ4n) is 3.80. The second-order valence-electron chi connectivity index (χ2n) is 8.39. The first-order chi connectivity index (χ1) is 14.6. The van der Waals surface area contributed by atoms with Gasteiger partial charge in [0.15, 0.2) is 0 Å². The van der Waals surface area contributed by atoms with Crippen molar-refractivity contribution in [2.75, 3.05) is 0 Å². The molecular weight excluding hydrogens is 385 g/mol. The number of aromatic nitrogens is 2. The first-order valence-electron chi connectivity index (χ1n) is 10.5. The molecule has 156 valence electrons. The Morgan fingerprint density at radius 3 is 2.67 bits per heavy atom. The molecule has 30 heavy (non-hydrogen) atoms. The lowest BCUT2D eigenvalue weighted by molar-refractivity contribution is -0.132. The van der Waals surface area contributed by atoms with Crippen LogP contribution in [0.3, 0.4) is 0 Å². The first kappa shape index (κ1) is 19.0. The van der Waals surface area contributed by atoms with Gasteiger partial charge < -0.3 is 13.8 Å². The molecule has 2 fully saturated rings. The number of carbonyl (C=O) groups is 1. The molecule has 0 radical (unpaired) electrons. The van der Waals surface area contributed by atoms with Crippen LogP contribution in [0.25, 0.3) is 11.4 Å². The second-order valence-corrected chi connectivity index (χ2v) is 8.39. The van der Waals surface area contributed by atoms with E-state index in [2.05, 4.69) is 23.1 Å². The minimum Gasteiger partial charge on any atom is -0.464 e. The quantitative estimate of drug-likeness (QED) is 0.538. The summed E-state index contributed by atoms with van der Waals surface area (Å²) in [6, 6.07) is 10.3. The molecule has 6 nitrogen and oxygen atoms in total. The van der Waals surface area contributed by atoms with Crippen molar-refractivity contribution in [2.24, 2.45) is 5.92 Å². The lowest BCUT2D eigenvalue weighted by Crippen LogP contribution is -2.32. The van der Waals surface area contributed by atoms with Crippen LogP contribution in [0, 0.1) is 11.7 Å². The number of aryl methyl sites for hydroxylation is 1. The highest BCUT2D eigenvalue weighted by Gasteiger charge is 2.37. The van der Waals surface area contributed by atoms with E-state index >= 15 is 0 Å². The first-order valence-corrected chi connectivity index (χ1v) is 10.5. The summed E-state index contributed by atoms with van der Waals surface area (Å²) in [6.45, 7) is 2.74. The van der Waals surface area contributed by atoms with Crippen molar-refractivity contribution in [3.63, 3.8) is 0 Å². The maximum Gasteiger partial charge on any atom is 0.227 e. The molecule has 5 rings (SSSR count). The lowest BCUT2D eigenvalue weighted by Gasteiger charge is -2.21. The molecule has 2 unspecified atom stereocenters. The number of amides is 1. The normalized spacial score (nSPS) is 20.3. The largest absolute Gasteiger partial charge is 0.464 e. The van der Waals surface area contributed by atoms with Gasteiger partial charge in [0.25, 0.3) is 0 Å².